The molecule has 0 atom stereocenters. The van der Waals surface area contributed by atoms with Gasteiger partial charge < -0.3 is 11.1 Å². The summed E-state index contributed by atoms with van der Waals surface area (Å²) in [5, 5.41) is 7.42. The van der Waals surface area contributed by atoms with Crippen LogP contribution in [0, 0.1) is 5.92 Å². The summed E-state index contributed by atoms with van der Waals surface area (Å²) in [6.07, 6.45) is 6.80. The molecular weight excluding hydrogens is 341 g/mol. The quantitative estimate of drug-likeness (QED) is 0.471. The van der Waals surface area contributed by atoms with E-state index in [4.69, 9.17) is 5.73 Å². The summed E-state index contributed by atoms with van der Waals surface area (Å²) in [5.41, 5.74) is 6.86. The molecule has 1 aliphatic rings. The van der Waals surface area contributed by atoms with E-state index < -0.39 is 0 Å². The number of halogens is 1. The number of nitrogens with zero attached hydrogens (tertiary/aromatic N) is 3. The van der Waals surface area contributed by atoms with Crippen molar-refractivity contribution >= 4 is 29.9 Å². The van der Waals surface area contributed by atoms with Crippen molar-refractivity contribution < 1.29 is 0 Å². The van der Waals surface area contributed by atoms with E-state index in [0.717, 1.165) is 31.1 Å². The molecule has 0 radical (unpaired) electrons. The summed E-state index contributed by atoms with van der Waals surface area (Å²) in [6, 6.07) is 2.02. The maximum atomic E-state index is 5.78. The molecule has 0 saturated heterocycles. The first-order valence-corrected chi connectivity index (χ1v) is 6.26. The van der Waals surface area contributed by atoms with E-state index >= 15 is 0 Å². The molecule has 3 N–H and O–H groups in total. The number of nitrogens with two attached hydrogens (primary N) is 1. The number of aromatic nitrogens is 2. The minimum atomic E-state index is 0. The highest BCUT2D eigenvalue weighted by molar-refractivity contribution is 14.0. The normalized spacial score (nSPS) is 15.9. The van der Waals surface area contributed by atoms with Gasteiger partial charge in [0.1, 0.15) is 0 Å². The molecule has 0 unspecified atom stereocenters. The lowest BCUT2D eigenvalue weighted by Gasteiger charge is -2.23. The van der Waals surface area contributed by atoms with Crippen LogP contribution in [0.1, 0.15) is 25.0 Å². The topological polar surface area (TPSA) is 68.2 Å². The Morgan fingerprint density at radius 2 is 2.39 bits per heavy atom. The minimum Gasteiger partial charge on any atom is -0.370 e. The highest BCUT2D eigenvalue weighted by atomic mass is 127. The van der Waals surface area contributed by atoms with E-state index in [1.54, 1.807) is 0 Å². The zero-order chi connectivity index (χ0) is 12.1. The molecule has 1 saturated carbocycles. The van der Waals surface area contributed by atoms with Gasteiger partial charge in [0.15, 0.2) is 5.96 Å². The zero-order valence-corrected chi connectivity index (χ0v) is 13.1. The first-order valence-electron chi connectivity index (χ1n) is 6.26. The Labute approximate surface area is 125 Å². The van der Waals surface area contributed by atoms with Gasteiger partial charge >= 0.3 is 0 Å². The molecule has 1 heterocycles. The second-order valence-corrected chi connectivity index (χ2v) is 4.68. The van der Waals surface area contributed by atoms with Crippen molar-refractivity contribution in [1.29, 1.82) is 0 Å². The summed E-state index contributed by atoms with van der Waals surface area (Å²) in [4.78, 5) is 4.34. The Kier molecular flexibility index (Phi) is 6.45. The van der Waals surface area contributed by atoms with E-state index in [1.807, 2.05) is 24.0 Å². The van der Waals surface area contributed by atoms with Crippen molar-refractivity contribution in [1.82, 2.24) is 15.1 Å². The Morgan fingerprint density at radius 3 is 2.94 bits per heavy atom. The number of aryl methyl sites for hydroxylation is 1. The number of guanidine groups is 1. The third-order valence-corrected chi connectivity index (χ3v) is 3.20. The van der Waals surface area contributed by atoms with Crippen LogP contribution in [0.15, 0.2) is 17.3 Å². The third kappa shape index (κ3) is 4.83. The fraction of sp³-hybridized carbons (Fsp3) is 0.667. The highest BCUT2D eigenvalue weighted by Gasteiger charge is 2.16. The van der Waals surface area contributed by atoms with Crippen LogP contribution in [0.3, 0.4) is 0 Å². The summed E-state index contributed by atoms with van der Waals surface area (Å²) in [5.74, 6) is 1.33. The van der Waals surface area contributed by atoms with Crippen molar-refractivity contribution in [3.05, 3.63) is 18.0 Å². The standard InChI is InChI=1S/C12H21N5.HI/c1-17-8-6-11(16-17)5-7-14-12(13)15-9-10-3-2-4-10;/h6,8,10H,2-5,7,9H2,1H3,(H3,13,14,15);1H. The molecule has 0 amide bonds. The SMILES string of the molecule is Cn1ccc(CCNC(N)=NCC2CCC2)n1.I. The first-order chi connectivity index (χ1) is 8.24. The number of aliphatic imine (C=N–C) groups is 1. The Bertz CT molecular complexity index is 384. The highest BCUT2D eigenvalue weighted by Crippen LogP contribution is 2.26. The van der Waals surface area contributed by atoms with Crippen LogP contribution >= 0.6 is 24.0 Å². The molecule has 6 heteroatoms. The molecule has 0 aliphatic heterocycles. The molecule has 1 aliphatic carbocycles. The number of hydrogen-bond acceptors (Lipinski definition) is 2. The minimum absolute atomic E-state index is 0. The van der Waals surface area contributed by atoms with Crippen molar-refractivity contribution in [2.45, 2.75) is 25.7 Å². The average Bonchev–Trinajstić information content (AvgIpc) is 2.62. The van der Waals surface area contributed by atoms with E-state index in [1.165, 1.54) is 19.3 Å². The Morgan fingerprint density at radius 1 is 1.61 bits per heavy atom. The molecule has 102 valence electrons. The van der Waals surface area contributed by atoms with Crippen molar-refractivity contribution in [3.8, 4) is 0 Å². The number of rotatable bonds is 5. The van der Waals surface area contributed by atoms with Crippen LogP contribution in [0.25, 0.3) is 0 Å². The predicted octanol–water partition coefficient (Wildman–Crippen LogP) is 1.28. The van der Waals surface area contributed by atoms with Crippen molar-refractivity contribution in [2.75, 3.05) is 13.1 Å². The Hall–Kier alpha value is -0.790. The number of nitrogens with one attached hydrogen (secondary N) is 1. The molecule has 5 nitrogen and oxygen atoms in total. The molecule has 1 aromatic rings. The summed E-state index contributed by atoms with van der Waals surface area (Å²) >= 11 is 0. The number of hydrogen-bond donors (Lipinski definition) is 2. The van der Waals surface area contributed by atoms with Gasteiger partial charge in [0.25, 0.3) is 0 Å². The zero-order valence-electron chi connectivity index (χ0n) is 10.8. The lowest BCUT2D eigenvalue weighted by molar-refractivity contribution is 0.326. The molecule has 18 heavy (non-hydrogen) atoms. The van der Waals surface area contributed by atoms with Gasteiger partial charge in [-0.15, -0.1) is 24.0 Å². The monoisotopic (exact) mass is 363 g/mol. The lowest BCUT2D eigenvalue weighted by Crippen LogP contribution is -2.34. The van der Waals surface area contributed by atoms with Gasteiger partial charge in [-0.1, -0.05) is 6.42 Å². The summed E-state index contributed by atoms with van der Waals surface area (Å²) in [7, 11) is 1.92. The average molecular weight is 363 g/mol. The maximum Gasteiger partial charge on any atom is 0.188 e. The van der Waals surface area contributed by atoms with E-state index in [-0.39, 0.29) is 24.0 Å². The first kappa shape index (κ1) is 15.3. The van der Waals surface area contributed by atoms with Crippen molar-refractivity contribution in [2.24, 2.45) is 23.7 Å². The second kappa shape index (κ2) is 7.60. The third-order valence-electron chi connectivity index (χ3n) is 3.20. The fourth-order valence-electron chi connectivity index (χ4n) is 1.87. The molecule has 0 aromatic carbocycles. The van der Waals surface area contributed by atoms with Crippen molar-refractivity contribution in [3.63, 3.8) is 0 Å². The lowest BCUT2D eigenvalue weighted by atomic mass is 9.86. The van der Waals surface area contributed by atoms with Gasteiger partial charge in [0.2, 0.25) is 0 Å². The molecule has 1 aromatic heterocycles. The second-order valence-electron chi connectivity index (χ2n) is 4.68. The summed E-state index contributed by atoms with van der Waals surface area (Å²) in [6.45, 7) is 1.67. The van der Waals surface area contributed by atoms with Crippen LogP contribution in [0.4, 0.5) is 0 Å². The Balaban J connectivity index is 0.00000162. The van der Waals surface area contributed by atoms with E-state index in [2.05, 4.69) is 15.4 Å². The maximum absolute atomic E-state index is 5.78. The predicted molar refractivity (Wildman–Crippen MR) is 84.2 cm³/mol. The van der Waals surface area contributed by atoms with Crippen LogP contribution in [-0.4, -0.2) is 28.8 Å². The molecule has 0 spiro atoms. The van der Waals surface area contributed by atoms with Crippen LogP contribution < -0.4 is 11.1 Å². The molecule has 1 fully saturated rings. The van der Waals surface area contributed by atoms with Crippen LogP contribution in [-0.2, 0) is 13.5 Å². The van der Waals surface area contributed by atoms with E-state index in [0.29, 0.717) is 5.96 Å². The van der Waals surface area contributed by atoms with Gasteiger partial charge in [-0.2, -0.15) is 5.10 Å². The van der Waals surface area contributed by atoms with Gasteiger partial charge in [-0.25, -0.2) is 0 Å². The van der Waals surface area contributed by atoms with Crippen LogP contribution in [0.5, 0.6) is 0 Å². The smallest absolute Gasteiger partial charge is 0.188 e. The fourth-order valence-corrected chi connectivity index (χ4v) is 1.87. The van der Waals surface area contributed by atoms with E-state index in [9.17, 15) is 0 Å². The largest absolute Gasteiger partial charge is 0.370 e. The van der Waals surface area contributed by atoms with Gasteiger partial charge in [0.05, 0.1) is 5.69 Å². The van der Waals surface area contributed by atoms with Crippen LogP contribution in [0.2, 0.25) is 0 Å². The molecule has 0 bridgehead atoms. The molecule has 2 rings (SSSR count). The summed E-state index contributed by atoms with van der Waals surface area (Å²) < 4.78 is 1.81. The van der Waals surface area contributed by atoms with Gasteiger partial charge in [-0.3, -0.25) is 9.67 Å². The van der Waals surface area contributed by atoms with Gasteiger partial charge in [-0.05, 0) is 24.8 Å². The van der Waals surface area contributed by atoms with Gasteiger partial charge in [0, 0.05) is 32.8 Å². The molecular formula is C12H22IN5.